The van der Waals surface area contributed by atoms with Crippen LogP contribution in [-0.2, 0) is 19.1 Å². The van der Waals surface area contributed by atoms with Gasteiger partial charge in [0.15, 0.2) is 6.10 Å². The molecule has 0 spiro atoms. The summed E-state index contributed by atoms with van der Waals surface area (Å²) in [4.78, 5) is 34.7. The number of amides is 2. The molecule has 0 fully saturated rings. The number of ether oxygens (including phenoxy) is 2. The fourth-order valence-corrected chi connectivity index (χ4v) is 1.71. The minimum Gasteiger partial charge on any atom is -0.468 e. The van der Waals surface area contributed by atoms with Crippen LogP contribution in [-0.4, -0.2) is 54.5 Å². The molecule has 23 heavy (non-hydrogen) atoms. The van der Waals surface area contributed by atoms with Crippen LogP contribution in [0.3, 0.4) is 0 Å². The quantitative estimate of drug-likeness (QED) is 0.564. The summed E-state index contributed by atoms with van der Waals surface area (Å²) in [6.07, 6.45) is -0.245. The van der Waals surface area contributed by atoms with E-state index in [1.165, 1.54) is 7.11 Å². The molecule has 0 heterocycles. The topological polar surface area (TPSA) is 114 Å². The Morgan fingerprint density at radius 1 is 1.22 bits per heavy atom. The molecule has 0 saturated heterocycles. The number of methoxy groups -OCH3 is 1. The van der Waals surface area contributed by atoms with Crippen molar-refractivity contribution in [2.24, 2.45) is 0 Å². The Hall–Kier alpha value is -1.83. The second-order valence-corrected chi connectivity index (χ2v) is 6.13. The van der Waals surface area contributed by atoms with Crippen molar-refractivity contribution in [1.82, 2.24) is 10.6 Å². The standard InChI is InChI=1S/C15H28N2O6/c1-6-7-8-10(17-14(21)23-15(2,3)4)12(19)13(20)16-9-11(18)22-5/h10,12,19H,6-9H2,1-5H3,(H,16,20)(H,17,21). The molecule has 2 atom stereocenters. The second kappa shape index (κ2) is 10.0. The number of aliphatic hydroxyl groups excluding tert-OH is 1. The summed E-state index contributed by atoms with van der Waals surface area (Å²) >= 11 is 0. The number of alkyl carbamates (subject to hydrolysis) is 1. The molecule has 2 amide bonds. The predicted molar refractivity (Wildman–Crippen MR) is 83.7 cm³/mol. The lowest BCUT2D eigenvalue weighted by Crippen LogP contribution is -2.52. The van der Waals surface area contributed by atoms with Crippen LogP contribution in [0.15, 0.2) is 0 Å². The van der Waals surface area contributed by atoms with Crippen LogP contribution in [0, 0.1) is 0 Å². The van der Waals surface area contributed by atoms with Gasteiger partial charge in [-0.25, -0.2) is 4.79 Å². The molecule has 3 N–H and O–H groups in total. The summed E-state index contributed by atoms with van der Waals surface area (Å²) in [7, 11) is 1.19. The number of esters is 1. The van der Waals surface area contributed by atoms with Crippen LogP contribution in [0.4, 0.5) is 4.79 Å². The molecule has 0 aromatic rings. The number of aliphatic hydroxyl groups is 1. The number of hydrogen-bond donors (Lipinski definition) is 3. The normalized spacial score (nSPS) is 13.7. The van der Waals surface area contributed by atoms with Crippen molar-refractivity contribution in [2.75, 3.05) is 13.7 Å². The number of nitrogens with one attached hydrogen (secondary N) is 2. The first-order valence-electron chi connectivity index (χ1n) is 7.62. The van der Waals surface area contributed by atoms with Gasteiger partial charge in [-0.2, -0.15) is 0 Å². The zero-order valence-electron chi connectivity index (χ0n) is 14.5. The van der Waals surface area contributed by atoms with E-state index in [9.17, 15) is 19.5 Å². The molecule has 0 radical (unpaired) electrons. The number of carbonyl (C=O) groups excluding carboxylic acids is 3. The fraction of sp³-hybridized carbons (Fsp3) is 0.800. The molecule has 8 heteroatoms. The van der Waals surface area contributed by atoms with Crippen molar-refractivity contribution in [2.45, 2.75) is 64.7 Å². The SMILES string of the molecule is CCCCC(NC(=O)OC(C)(C)C)C(O)C(=O)NCC(=O)OC. The van der Waals surface area contributed by atoms with E-state index in [0.29, 0.717) is 12.8 Å². The van der Waals surface area contributed by atoms with E-state index in [2.05, 4.69) is 15.4 Å². The van der Waals surface area contributed by atoms with E-state index in [1.54, 1.807) is 20.8 Å². The summed E-state index contributed by atoms with van der Waals surface area (Å²) in [6, 6.07) is -0.803. The highest BCUT2D eigenvalue weighted by Crippen LogP contribution is 2.10. The lowest BCUT2D eigenvalue weighted by molar-refractivity contribution is -0.142. The smallest absolute Gasteiger partial charge is 0.407 e. The Bertz CT molecular complexity index is 405. The monoisotopic (exact) mass is 332 g/mol. The third-order valence-electron chi connectivity index (χ3n) is 2.86. The first kappa shape index (κ1) is 21.2. The highest BCUT2D eigenvalue weighted by molar-refractivity contribution is 5.85. The average Bonchev–Trinajstić information content (AvgIpc) is 2.45. The third kappa shape index (κ3) is 9.72. The molecule has 2 unspecified atom stereocenters. The summed E-state index contributed by atoms with van der Waals surface area (Å²) in [5, 5.41) is 14.9. The molecule has 0 aliphatic heterocycles. The van der Waals surface area contributed by atoms with Crippen molar-refractivity contribution in [3.05, 3.63) is 0 Å². The summed E-state index contributed by atoms with van der Waals surface area (Å²) in [6.45, 7) is 6.75. The lowest BCUT2D eigenvalue weighted by Gasteiger charge is -2.26. The van der Waals surface area contributed by atoms with Gasteiger partial charge in [0.25, 0.3) is 5.91 Å². The molecule has 8 nitrogen and oxygen atoms in total. The van der Waals surface area contributed by atoms with Gasteiger partial charge in [-0.3, -0.25) is 9.59 Å². The van der Waals surface area contributed by atoms with Gasteiger partial charge in [-0.15, -0.1) is 0 Å². The van der Waals surface area contributed by atoms with E-state index in [1.807, 2.05) is 6.92 Å². The van der Waals surface area contributed by atoms with Crippen molar-refractivity contribution in [3.63, 3.8) is 0 Å². The summed E-state index contributed by atoms with van der Waals surface area (Å²) in [5.41, 5.74) is -0.683. The highest BCUT2D eigenvalue weighted by atomic mass is 16.6. The zero-order valence-corrected chi connectivity index (χ0v) is 14.5. The van der Waals surface area contributed by atoms with Crippen molar-refractivity contribution < 1.29 is 29.0 Å². The van der Waals surface area contributed by atoms with Gasteiger partial charge in [-0.05, 0) is 27.2 Å². The third-order valence-corrected chi connectivity index (χ3v) is 2.86. The van der Waals surface area contributed by atoms with Crippen LogP contribution in [0.2, 0.25) is 0 Å². The Balaban J connectivity index is 4.70. The van der Waals surface area contributed by atoms with Crippen molar-refractivity contribution in [1.29, 1.82) is 0 Å². The molecular weight excluding hydrogens is 304 g/mol. The second-order valence-electron chi connectivity index (χ2n) is 6.13. The largest absolute Gasteiger partial charge is 0.468 e. The lowest BCUT2D eigenvalue weighted by atomic mass is 10.0. The molecule has 0 aromatic carbocycles. The van der Waals surface area contributed by atoms with Crippen LogP contribution in [0.5, 0.6) is 0 Å². The van der Waals surface area contributed by atoms with E-state index in [-0.39, 0.29) is 6.54 Å². The molecule has 0 aliphatic carbocycles. The molecule has 0 saturated carbocycles. The van der Waals surface area contributed by atoms with Crippen LogP contribution < -0.4 is 10.6 Å². The van der Waals surface area contributed by atoms with Gasteiger partial charge in [-0.1, -0.05) is 19.8 Å². The molecule has 0 aromatic heterocycles. The van der Waals surface area contributed by atoms with Gasteiger partial charge in [0, 0.05) is 0 Å². The maximum absolute atomic E-state index is 11.9. The van der Waals surface area contributed by atoms with Crippen molar-refractivity contribution in [3.8, 4) is 0 Å². The predicted octanol–water partition coefficient (Wildman–Crippen LogP) is 0.720. The van der Waals surface area contributed by atoms with E-state index in [4.69, 9.17) is 4.74 Å². The zero-order chi connectivity index (χ0) is 18.0. The molecule has 0 aliphatic rings. The minimum absolute atomic E-state index is 0.348. The van der Waals surface area contributed by atoms with Crippen LogP contribution in [0.25, 0.3) is 0 Å². The summed E-state index contributed by atoms with van der Waals surface area (Å²) < 4.78 is 9.53. The maximum atomic E-state index is 11.9. The Morgan fingerprint density at radius 2 is 1.83 bits per heavy atom. The first-order chi connectivity index (χ1) is 10.6. The minimum atomic E-state index is -1.49. The molecular formula is C15H28N2O6. The number of rotatable bonds is 8. The van der Waals surface area contributed by atoms with Gasteiger partial charge in [0.2, 0.25) is 0 Å². The Labute approximate surface area is 136 Å². The molecule has 134 valence electrons. The molecule has 0 rings (SSSR count). The average molecular weight is 332 g/mol. The van der Waals surface area contributed by atoms with Gasteiger partial charge in [0.05, 0.1) is 13.2 Å². The number of hydrogen-bond acceptors (Lipinski definition) is 6. The maximum Gasteiger partial charge on any atom is 0.407 e. The van der Waals surface area contributed by atoms with Gasteiger partial charge in [0.1, 0.15) is 12.1 Å². The van der Waals surface area contributed by atoms with Crippen LogP contribution >= 0.6 is 0 Å². The molecule has 0 bridgehead atoms. The van der Waals surface area contributed by atoms with E-state index >= 15 is 0 Å². The summed E-state index contributed by atoms with van der Waals surface area (Å²) in [5.74, 6) is -1.39. The number of carbonyl (C=O) groups is 3. The van der Waals surface area contributed by atoms with Crippen LogP contribution in [0.1, 0.15) is 47.0 Å². The Morgan fingerprint density at radius 3 is 2.30 bits per heavy atom. The number of unbranched alkanes of at least 4 members (excludes halogenated alkanes) is 1. The fourth-order valence-electron chi connectivity index (χ4n) is 1.71. The van der Waals surface area contributed by atoms with E-state index < -0.39 is 35.7 Å². The van der Waals surface area contributed by atoms with E-state index in [0.717, 1.165) is 6.42 Å². The Kier molecular flexibility index (Phi) is 9.24. The van der Waals surface area contributed by atoms with Gasteiger partial charge >= 0.3 is 12.1 Å². The van der Waals surface area contributed by atoms with Crippen molar-refractivity contribution >= 4 is 18.0 Å². The van der Waals surface area contributed by atoms with Gasteiger partial charge < -0.3 is 25.2 Å². The highest BCUT2D eigenvalue weighted by Gasteiger charge is 2.29. The first-order valence-corrected chi connectivity index (χ1v) is 7.62.